The van der Waals surface area contributed by atoms with E-state index >= 15 is 0 Å². The molecule has 3 aromatic rings. The molecule has 0 aliphatic carbocycles. The molecule has 26 heavy (non-hydrogen) atoms. The first-order chi connectivity index (χ1) is 12.6. The molecule has 0 unspecified atom stereocenters. The lowest BCUT2D eigenvalue weighted by Crippen LogP contribution is -2.26. The van der Waals surface area contributed by atoms with Crippen molar-refractivity contribution < 1.29 is 9.90 Å². The van der Waals surface area contributed by atoms with Gasteiger partial charge in [-0.1, -0.05) is 61.9 Å². The lowest BCUT2D eigenvalue weighted by atomic mass is 10.1. The minimum absolute atomic E-state index is 0.174. The molecule has 3 rings (SSSR count). The summed E-state index contributed by atoms with van der Waals surface area (Å²) < 4.78 is 1.59. The molecule has 0 saturated heterocycles. The highest BCUT2D eigenvalue weighted by atomic mass is 16.3. The maximum Gasteiger partial charge on any atom is 0.266 e. The van der Waals surface area contributed by atoms with Gasteiger partial charge in [-0.2, -0.15) is 0 Å². The Morgan fingerprint density at radius 3 is 2.50 bits per heavy atom. The van der Waals surface area contributed by atoms with Gasteiger partial charge in [0, 0.05) is 11.9 Å². The van der Waals surface area contributed by atoms with Crippen LogP contribution in [0, 0.1) is 0 Å². The summed E-state index contributed by atoms with van der Waals surface area (Å²) in [4.78, 5) is 25.6. The Morgan fingerprint density at radius 2 is 1.77 bits per heavy atom. The van der Waals surface area contributed by atoms with E-state index in [1.807, 2.05) is 43.3 Å². The SMILES string of the molecule is CCCCn1c(=O)c(C(=O)C=Cc2ccccc2)c(O)c2ccccc21. The van der Waals surface area contributed by atoms with Gasteiger partial charge in [-0.15, -0.1) is 0 Å². The number of unbranched alkanes of at least 4 members (excludes halogenated alkanes) is 1. The number of aromatic hydroxyl groups is 1. The van der Waals surface area contributed by atoms with Gasteiger partial charge >= 0.3 is 0 Å². The van der Waals surface area contributed by atoms with Crippen LogP contribution in [0.2, 0.25) is 0 Å². The van der Waals surface area contributed by atoms with Crippen molar-refractivity contribution in [2.45, 2.75) is 26.3 Å². The number of benzene rings is 2. The van der Waals surface area contributed by atoms with Crippen LogP contribution >= 0.6 is 0 Å². The van der Waals surface area contributed by atoms with Crippen molar-refractivity contribution in [3.05, 3.63) is 82.2 Å². The third-order valence-corrected chi connectivity index (χ3v) is 4.35. The molecule has 1 aromatic heterocycles. The third kappa shape index (κ3) is 3.45. The first-order valence-corrected chi connectivity index (χ1v) is 8.75. The maximum atomic E-state index is 12.9. The van der Waals surface area contributed by atoms with Crippen LogP contribution in [-0.2, 0) is 6.54 Å². The van der Waals surface area contributed by atoms with E-state index < -0.39 is 11.3 Å². The molecule has 0 bridgehead atoms. The Bertz CT molecular complexity index is 1020. The number of carbonyl (C=O) groups excluding carboxylic acids is 1. The second kappa shape index (κ2) is 7.83. The summed E-state index contributed by atoms with van der Waals surface area (Å²) >= 11 is 0. The van der Waals surface area contributed by atoms with Crippen molar-refractivity contribution in [3.8, 4) is 5.75 Å². The summed E-state index contributed by atoms with van der Waals surface area (Å²) in [6.07, 6.45) is 4.73. The van der Waals surface area contributed by atoms with Crippen molar-refractivity contribution in [1.82, 2.24) is 4.57 Å². The summed E-state index contributed by atoms with van der Waals surface area (Å²) in [5, 5.41) is 11.1. The standard InChI is InChI=1S/C22H21NO3/c1-2-3-15-23-18-12-8-7-11-17(18)21(25)20(22(23)26)19(24)14-13-16-9-5-4-6-10-16/h4-14,25H,2-3,15H2,1H3. The molecule has 0 atom stereocenters. The van der Waals surface area contributed by atoms with Crippen LogP contribution in [0.5, 0.6) is 5.75 Å². The fourth-order valence-electron chi connectivity index (χ4n) is 2.97. The zero-order valence-corrected chi connectivity index (χ0v) is 14.7. The van der Waals surface area contributed by atoms with E-state index in [1.54, 1.807) is 28.8 Å². The number of nitrogens with zero attached hydrogens (tertiary/aromatic N) is 1. The maximum absolute atomic E-state index is 12.9. The molecule has 0 radical (unpaired) electrons. The summed E-state index contributed by atoms with van der Waals surface area (Å²) in [6, 6.07) is 16.5. The van der Waals surface area contributed by atoms with Gasteiger partial charge in [-0.25, -0.2) is 0 Å². The number of allylic oxidation sites excluding steroid dienone is 1. The van der Waals surface area contributed by atoms with Crippen molar-refractivity contribution in [2.75, 3.05) is 0 Å². The van der Waals surface area contributed by atoms with Crippen molar-refractivity contribution in [1.29, 1.82) is 0 Å². The molecule has 0 amide bonds. The minimum Gasteiger partial charge on any atom is -0.506 e. The lowest BCUT2D eigenvalue weighted by Gasteiger charge is -2.13. The van der Waals surface area contributed by atoms with Gasteiger partial charge in [0.05, 0.1) is 5.52 Å². The number of ketones is 1. The quantitative estimate of drug-likeness (QED) is 0.531. The average molecular weight is 347 g/mol. The fourth-order valence-corrected chi connectivity index (χ4v) is 2.97. The fraction of sp³-hybridized carbons (Fsp3) is 0.182. The van der Waals surface area contributed by atoms with Crippen LogP contribution in [0.3, 0.4) is 0 Å². The molecule has 0 saturated carbocycles. The summed E-state index contributed by atoms with van der Waals surface area (Å²) in [5.74, 6) is -0.742. The topological polar surface area (TPSA) is 59.3 Å². The van der Waals surface area contributed by atoms with Crippen LogP contribution in [0.4, 0.5) is 0 Å². The molecule has 0 fully saturated rings. The number of para-hydroxylation sites is 1. The van der Waals surface area contributed by atoms with Gasteiger partial charge in [0.1, 0.15) is 11.3 Å². The highest BCUT2D eigenvalue weighted by Gasteiger charge is 2.20. The first-order valence-electron chi connectivity index (χ1n) is 8.75. The number of aryl methyl sites for hydroxylation is 1. The Hall–Kier alpha value is -3.14. The lowest BCUT2D eigenvalue weighted by molar-refractivity contribution is 0.104. The van der Waals surface area contributed by atoms with Crippen LogP contribution in [-0.4, -0.2) is 15.5 Å². The molecule has 1 heterocycles. The molecular formula is C22H21NO3. The number of pyridine rings is 1. The van der Waals surface area contributed by atoms with Crippen LogP contribution < -0.4 is 5.56 Å². The van der Waals surface area contributed by atoms with E-state index in [-0.39, 0.29) is 11.3 Å². The highest BCUT2D eigenvalue weighted by Crippen LogP contribution is 2.27. The van der Waals surface area contributed by atoms with Crippen molar-refractivity contribution in [3.63, 3.8) is 0 Å². The molecule has 0 aliphatic heterocycles. The normalized spacial score (nSPS) is 11.3. The van der Waals surface area contributed by atoms with E-state index in [0.717, 1.165) is 18.4 Å². The summed E-state index contributed by atoms with van der Waals surface area (Å²) in [7, 11) is 0. The molecule has 0 aliphatic rings. The number of rotatable bonds is 6. The van der Waals surface area contributed by atoms with Crippen LogP contribution in [0.25, 0.3) is 17.0 Å². The first kappa shape index (κ1) is 17.7. The highest BCUT2D eigenvalue weighted by molar-refractivity contribution is 6.11. The largest absolute Gasteiger partial charge is 0.506 e. The number of fused-ring (bicyclic) bond motifs is 1. The summed E-state index contributed by atoms with van der Waals surface area (Å²) in [5.41, 5.74) is 0.879. The van der Waals surface area contributed by atoms with Gasteiger partial charge in [0.2, 0.25) is 0 Å². The second-order valence-electron chi connectivity index (χ2n) is 6.16. The average Bonchev–Trinajstić information content (AvgIpc) is 2.67. The predicted molar refractivity (Wildman–Crippen MR) is 105 cm³/mol. The molecule has 2 aromatic carbocycles. The van der Waals surface area contributed by atoms with Gasteiger partial charge in [-0.05, 0) is 30.2 Å². The van der Waals surface area contributed by atoms with Crippen molar-refractivity contribution >= 4 is 22.8 Å². The smallest absolute Gasteiger partial charge is 0.266 e. The molecular weight excluding hydrogens is 326 g/mol. The van der Waals surface area contributed by atoms with E-state index in [0.29, 0.717) is 17.4 Å². The Kier molecular flexibility index (Phi) is 5.32. The van der Waals surface area contributed by atoms with Gasteiger partial charge in [0.15, 0.2) is 5.78 Å². The Morgan fingerprint density at radius 1 is 1.08 bits per heavy atom. The molecule has 132 valence electrons. The molecule has 0 spiro atoms. The van der Waals surface area contributed by atoms with Gasteiger partial charge in [0.25, 0.3) is 5.56 Å². The second-order valence-corrected chi connectivity index (χ2v) is 6.16. The van der Waals surface area contributed by atoms with E-state index in [4.69, 9.17) is 0 Å². The van der Waals surface area contributed by atoms with Crippen LogP contribution in [0.15, 0.2) is 65.5 Å². The van der Waals surface area contributed by atoms with Crippen LogP contribution in [0.1, 0.15) is 35.7 Å². The predicted octanol–water partition coefficient (Wildman–Crippen LogP) is 4.40. The van der Waals surface area contributed by atoms with E-state index in [9.17, 15) is 14.7 Å². The number of carbonyl (C=O) groups is 1. The molecule has 4 nitrogen and oxygen atoms in total. The van der Waals surface area contributed by atoms with E-state index in [1.165, 1.54) is 6.08 Å². The van der Waals surface area contributed by atoms with Gasteiger partial charge in [-0.3, -0.25) is 9.59 Å². The number of hydrogen-bond acceptors (Lipinski definition) is 3. The monoisotopic (exact) mass is 347 g/mol. The Labute approximate surface area is 152 Å². The van der Waals surface area contributed by atoms with Gasteiger partial charge < -0.3 is 9.67 Å². The molecule has 1 N–H and O–H groups in total. The zero-order valence-electron chi connectivity index (χ0n) is 14.7. The van der Waals surface area contributed by atoms with E-state index in [2.05, 4.69) is 0 Å². The minimum atomic E-state index is -0.493. The molecule has 4 heteroatoms. The third-order valence-electron chi connectivity index (χ3n) is 4.35. The number of hydrogen-bond donors (Lipinski definition) is 1. The zero-order chi connectivity index (χ0) is 18.5. The summed E-state index contributed by atoms with van der Waals surface area (Å²) in [6.45, 7) is 2.56. The van der Waals surface area contributed by atoms with Crippen molar-refractivity contribution in [2.24, 2.45) is 0 Å². The number of aromatic nitrogens is 1. The Balaban J connectivity index is 2.11.